The third-order valence-electron chi connectivity index (χ3n) is 3.45. The number of aromatic nitrogens is 2. The first kappa shape index (κ1) is 25.2. The van der Waals surface area contributed by atoms with E-state index in [1.54, 1.807) is 0 Å². The van der Waals surface area contributed by atoms with Crippen LogP contribution in [0.2, 0.25) is 0 Å². The third-order valence-corrected chi connectivity index (χ3v) is 7.23. The number of hydrogen-bond donors (Lipinski definition) is 8. The molecule has 0 aromatic carbocycles. The van der Waals surface area contributed by atoms with Gasteiger partial charge in [-0.1, -0.05) is 0 Å². The molecule has 1 aromatic heterocycles. The molecule has 172 valence electrons. The van der Waals surface area contributed by atoms with Gasteiger partial charge in [-0.15, -0.1) is 0 Å². The van der Waals surface area contributed by atoms with Crippen molar-refractivity contribution < 1.29 is 61.4 Å². The lowest BCUT2D eigenvalue weighted by atomic mass is 10.1. The van der Waals surface area contributed by atoms with Crippen LogP contribution >= 0.6 is 23.5 Å². The molecule has 1 aliphatic heterocycles. The number of nitrogens with two attached hydrogens (primary N) is 2. The second-order valence-corrected chi connectivity index (χ2v) is 10.2. The first-order valence-electron chi connectivity index (χ1n) is 7.41. The van der Waals surface area contributed by atoms with Gasteiger partial charge in [-0.3, -0.25) is 14.8 Å². The number of nitrogen functional groups attached to an aromatic ring is 1. The van der Waals surface area contributed by atoms with Crippen molar-refractivity contribution >= 4 is 29.3 Å². The summed E-state index contributed by atoms with van der Waals surface area (Å²) in [5, 5.41) is 20.2. The van der Waals surface area contributed by atoms with E-state index >= 15 is 0 Å². The monoisotopic (exact) mass is 498 g/mol. The van der Waals surface area contributed by atoms with Gasteiger partial charge in [-0.2, -0.15) is 13.6 Å². The van der Waals surface area contributed by atoms with E-state index in [-0.39, 0.29) is 5.82 Å². The first-order valence-corrected chi connectivity index (χ1v) is 11.9. The van der Waals surface area contributed by atoms with Crippen LogP contribution in [-0.2, 0) is 31.6 Å². The van der Waals surface area contributed by atoms with Gasteiger partial charge in [0.2, 0.25) is 0 Å². The van der Waals surface area contributed by atoms with Crippen molar-refractivity contribution in [3.05, 3.63) is 22.7 Å². The van der Waals surface area contributed by atoms with Crippen molar-refractivity contribution in [2.75, 3.05) is 12.3 Å². The van der Waals surface area contributed by atoms with Crippen LogP contribution in [0.5, 0.6) is 0 Å². The molecular formula is C9H17N4O14P3. The number of phosphoric ester groups is 1. The molecule has 2 unspecified atom stereocenters. The Morgan fingerprint density at radius 3 is 2.30 bits per heavy atom. The van der Waals surface area contributed by atoms with Crippen molar-refractivity contribution in [1.29, 1.82) is 0 Å². The van der Waals surface area contributed by atoms with E-state index in [0.29, 0.717) is 4.57 Å². The molecule has 2 rings (SSSR count). The van der Waals surface area contributed by atoms with Crippen molar-refractivity contribution in [1.82, 2.24) is 9.55 Å². The number of hydrogen-bond acceptors (Lipinski definition) is 13. The fraction of sp³-hybridized carbons (Fsp3) is 0.556. The molecule has 2 heterocycles. The molecule has 21 heteroatoms. The van der Waals surface area contributed by atoms with Gasteiger partial charge in [0.25, 0.3) is 0 Å². The molecule has 10 N–H and O–H groups in total. The van der Waals surface area contributed by atoms with Gasteiger partial charge in [0.15, 0.2) is 12.0 Å². The highest BCUT2D eigenvalue weighted by Crippen LogP contribution is 2.66. The minimum Gasteiger partial charge on any atom is -0.386 e. The molecule has 0 bridgehead atoms. The average Bonchev–Trinajstić information content (AvgIpc) is 2.75. The van der Waals surface area contributed by atoms with Crippen LogP contribution in [0.25, 0.3) is 0 Å². The Balaban J connectivity index is 2.14. The maximum absolute atomic E-state index is 11.9. The molecule has 1 aliphatic rings. The maximum Gasteiger partial charge on any atom is 0.490 e. The van der Waals surface area contributed by atoms with Crippen LogP contribution in [0.4, 0.5) is 5.82 Å². The van der Waals surface area contributed by atoms with E-state index in [2.05, 4.69) is 18.1 Å². The molecule has 1 saturated heterocycles. The summed E-state index contributed by atoms with van der Waals surface area (Å²) in [4.78, 5) is 50.7. The molecular weight excluding hydrogens is 481 g/mol. The normalized spacial score (nSPS) is 31.2. The van der Waals surface area contributed by atoms with Crippen LogP contribution in [0.15, 0.2) is 17.1 Å². The molecule has 18 nitrogen and oxygen atoms in total. The predicted molar refractivity (Wildman–Crippen MR) is 91.8 cm³/mol. The Kier molecular flexibility index (Phi) is 7.10. The Morgan fingerprint density at radius 1 is 1.17 bits per heavy atom. The summed E-state index contributed by atoms with van der Waals surface area (Å²) in [5.41, 5.74) is 7.55. The van der Waals surface area contributed by atoms with Gasteiger partial charge < -0.3 is 40.3 Å². The van der Waals surface area contributed by atoms with E-state index in [4.69, 9.17) is 30.9 Å². The van der Waals surface area contributed by atoms with E-state index in [9.17, 15) is 33.6 Å². The lowest BCUT2D eigenvalue weighted by Crippen LogP contribution is -2.54. The topological polar surface area (TPSA) is 296 Å². The largest absolute Gasteiger partial charge is 0.490 e. The number of phosphoric acid groups is 3. The van der Waals surface area contributed by atoms with Crippen LogP contribution in [-0.4, -0.2) is 63.9 Å². The fourth-order valence-electron chi connectivity index (χ4n) is 2.26. The highest BCUT2D eigenvalue weighted by Gasteiger charge is 2.54. The summed E-state index contributed by atoms with van der Waals surface area (Å²) in [6.45, 7) is -1.28. The SMILES string of the molecule is Nc1ccn([C@@H]2O[C@](N)(COP(=O)(O)OP(=O)(O)OP(=O)(O)O)[C@@H](O)[C@@H]2O)c(=O)n1. The summed E-state index contributed by atoms with van der Waals surface area (Å²) in [7, 11) is -16.9. The van der Waals surface area contributed by atoms with Crippen LogP contribution in [0, 0.1) is 0 Å². The molecule has 0 saturated carbocycles. The quantitative estimate of drug-likeness (QED) is 0.166. The number of aliphatic hydroxyl groups is 2. The second kappa shape index (κ2) is 8.46. The number of rotatable bonds is 8. The summed E-state index contributed by atoms with van der Waals surface area (Å²) >= 11 is 0. The van der Waals surface area contributed by atoms with Gasteiger partial charge in [0.1, 0.15) is 24.6 Å². The summed E-state index contributed by atoms with van der Waals surface area (Å²) < 4.78 is 50.8. The summed E-state index contributed by atoms with van der Waals surface area (Å²) in [6.07, 6.45) is -4.49. The first-order chi connectivity index (χ1) is 13.4. The number of nitrogens with zero attached hydrogens (tertiary/aromatic N) is 2. The zero-order valence-electron chi connectivity index (χ0n) is 14.4. The van der Waals surface area contributed by atoms with Crippen molar-refractivity contribution in [3.8, 4) is 0 Å². The molecule has 1 aromatic rings. The minimum atomic E-state index is -5.78. The lowest BCUT2D eigenvalue weighted by molar-refractivity contribution is -0.123. The number of aliphatic hydroxyl groups excluding tert-OH is 2. The molecule has 0 spiro atoms. The summed E-state index contributed by atoms with van der Waals surface area (Å²) in [5.74, 6) is -0.157. The smallest absolute Gasteiger partial charge is 0.386 e. The van der Waals surface area contributed by atoms with Gasteiger partial charge in [-0.05, 0) is 6.07 Å². The maximum atomic E-state index is 11.9. The van der Waals surface area contributed by atoms with Crippen LogP contribution in [0.3, 0.4) is 0 Å². The van der Waals surface area contributed by atoms with Crippen molar-refractivity contribution in [2.24, 2.45) is 5.73 Å². The minimum absolute atomic E-state index is 0.157. The van der Waals surface area contributed by atoms with Gasteiger partial charge in [-0.25, -0.2) is 18.5 Å². The van der Waals surface area contributed by atoms with Gasteiger partial charge in [0.05, 0.1) is 0 Å². The Bertz CT molecular complexity index is 995. The molecule has 6 atom stereocenters. The zero-order chi connectivity index (χ0) is 23.1. The third kappa shape index (κ3) is 6.23. The average molecular weight is 498 g/mol. The standard InChI is InChI=1S/C9H17N4O14P3/c10-4-1-2-13(8(16)12-4)7-5(14)6(15)9(11,25-7)3-24-29(20,21)27-30(22,23)26-28(17,18)19/h1-2,5-7,14-15H,3,11H2,(H,20,21)(H,22,23)(H2,10,12,16)(H2,17,18,19)/t5-,6-,7+,9+/m0/s1. The van der Waals surface area contributed by atoms with E-state index in [1.165, 1.54) is 0 Å². The molecule has 1 fully saturated rings. The van der Waals surface area contributed by atoms with Gasteiger partial charge in [0, 0.05) is 6.20 Å². The highest BCUT2D eigenvalue weighted by molar-refractivity contribution is 7.66. The molecule has 0 amide bonds. The van der Waals surface area contributed by atoms with Crippen LogP contribution in [0.1, 0.15) is 6.23 Å². The van der Waals surface area contributed by atoms with Crippen LogP contribution < -0.4 is 17.2 Å². The Hall–Kier alpha value is -1.07. The zero-order valence-corrected chi connectivity index (χ0v) is 17.1. The number of anilines is 1. The molecule has 0 radical (unpaired) electrons. The van der Waals surface area contributed by atoms with E-state index in [0.717, 1.165) is 12.3 Å². The second-order valence-electron chi connectivity index (χ2n) is 5.81. The van der Waals surface area contributed by atoms with Crippen molar-refractivity contribution in [2.45, 2.75) is 24.2 Å². The Morgan fingerprint density at radius 2 is 1.77 bits per heavy atom. The Labute approximate surface area is 166 Å². The number of ether oxygens (including phenoxy) is 1. The predicted octanol–water partition coefficient (Wildman–Crippen LogP) is -2.93. The lowest BCUT2D eigenvalue weighted by Gasteiger charge is -2.27. The highest BCUT2D eigenvalue weighted by atomic mass is 31.3. The van der Waals surface area contributed by atoms with E-state index < -0.39 is 59.9 Å². The van der Waals surface area contributed by atoms with Crippen molar-refractivity contribution in [3.63, 3.8) is 0 Å². The fourth-order valence-corrected chi connectivity index (χ4v) is 5.31. The van der Waals surface area contributed by atoms with E-state index in [1.807, 2.05) is 0 Å². The molecule has 0 aliphatic carbocycles. The van der Waals surface area contributed by atoms with Gasteiger partial charge >= 0.3 is 29.2 Å². The molecule has 30 heavy (non-hydrogen) atoms. The summed E-state index contributed by atoms with van der Waals surface area (Å²) in [6, 6.07) is 1.16.